The predicted octanol–water partition coefficient (Wildman–Crippen LogP) is 0.727. The van der Waals surface area contributed by atoms with Crippen LogP contribution in [0.4, 0.5) is 5.69 Å². The average molecular weight is 262 g/mol. The second kappa shape index (κ2) is 5.09. The lowest BCUT2D eigenvalue weighted by Crippen LogP contribution is -2.27. The normalized spacial score (nSPS) is 14.1. The maximum absolute atomic E-state index is 10.5. The van der Waals surface area contributed by atoms with Gasteiger partial charge in [0.2, 0.25) is 0 Å². The lowest BCUT2D eigenvalue weighted by atomic mass is 10.0. The zero-order valence-corrected chi connectivity index (χ0v) is 9.03. The fourth-order valence-corrected chi connectivity index (χ4v) is 1.41. The molecule has 0 heterocycles. The Morgan fingerprint density at radius 2 is 2.00 bits per heavy atom. The Morgan fingerprint density at radius 3 is 2.47 bits per heavy atom. The van der Waals surface area contributed by atoms with Gasteiger partial charge in [0.05, 0.1) is 4.92 Å². The minimum absolute atomic E-state index is 0.0663. The molecule has 0 aliphatic carbocycles. The van der Waals surface area contributed by atoms with Crippen LogP contribution < -0.4 is 0 Å². The highest BCUT2D eigenvalue weighted by atomic mass is 35.5. The number of nitro groups is 1. The number of non-ortho nitro benzene ring substituents is 1. The number of carbonyl (C=O) groups is 1. The molecule has 0 amide bonds. The van der Waals surface area contributed by atoms with Crippen molar-refractivity contribution in [3.63, 3.8) is 0 Å². The number of hydrogen-bond donors (Lipinski definition) is 3. The van der Waals surface area contributed by atoms with Crippen molar-refractivity contribution >= 4 is 23.3 Å². The van der Waals surface area contributed by atoms with Gasteiger partial charge in [-0.05, 0) is 6.07 Å². The van der Waals surface area contributed by atoms with Crippen molar-refractivity contribution in [3.8, 4) is 0 Å². The molecule has 0 aromatic heterocycles. The van der Waals surface area contributed by atoms with E-state index in [2.05, 4.69) is 0 Å². The summed E-state index contributed by atoms with van der Waals surface area (Å²) in [6.45, 7) is 0. The van der Waals surface area contributed by atoms with Crippen molar-refractivity contribution in [1.29, 1.82) is 0 Å². The molecule has 0 spiro atoms. The first-order chi connectivity index (χ1) is 7.84. The Hall–Kier alpha value is -1.70. The summed E-state index contributed by atoms with van der Waals surface area (Å²) in [5.74, 6) is -1.65. The zero-order valence-electron chi connectivity index (χ0n) is 8.28. The van der Waals surface area contributed by atoms with Gasteiger partial charge in [-0.25, -0.2) is 4.79 Å². The number of aliphatic hydroxyl groups excluding tert-OH is 2. The molecule has 1 aromatic rings. The molecule has 7 nitrogen and oxygen atoms in total. The van der Waals surface area contributed by atoms with Crippen LogP contribution >= 0.6 is 11.6 Å². The number of nitro benzene ring substituents is 1. The average Bonchev–Trinajstić information content (AvgIpc) is 2.27. The molecule has 1 aromatic carbocycles. The van der Waals surface area contributed by atoms with Crippen LogP contribution in [-0.4, -0.2) is 32.3 Å². The number of rotatable bonds is 4. The third-order valence-corrected chi connectivity index (χ3v) is 2.41. The minimum Gasteiger partial charge on any atom is -0.479 e. The highest BCUT2D eigenvalue weighted by Gasteiger charge is 2.28. The van der Waals surface area contributed by atoms with E-state index >= 15 is 0 Å². The van der Waals surface area contributed by atoms with E-state index in [1.54, 1.807) is 0 Å². The summed E-state index contributed by atoms with van der Waals surface area (Å²) in [4.78, 5) is 20.2. The molecule has 0 aliphatic heterocycles. The molecule has 0 radical (unpaired) electrons. The number of aliphatic hydroxyl groups is 2. The van der Waals surface area contributed by atoms with Gasteiger partial charge < -0.3 is 15.3 Å². The number of aliphatic carboxylic acids is 1. The second-order valence-electron chi connectivity index (χ2n) is 3.19. The molecule has 0 bridgehead atoms. The number of carboxylic acids is 1. The first-order valence-corrected chi connectivity index (χ1v) is 4.75. The van der Waals surface area contributed by atoms with Crippen molar-refractivity contribution < 1.29 is 25.0 Å². The van der Waals surface area contributed by atoms with E-state index in [1.165, 1.54) is 0 Å². The quantitative estimate of drug-likeness (QED) is 0.542. The highest BCUT2D eigenvalue weighted by Crippen LogP contribution is 2.29. The molecule has 17 heavy (non-hydrogen) atoms. The summed E-state index contributed by atoms with van der Waals surface area (Å²) in [7, 11) is 0. The van der Waals surface area contributed by atoms with Crippen LogP contribution in [0, 0.1) is 10.1 Å². The van der Waals surface area contributed by atoms with E-state index < -0.39 is 23.1 Å². The summed E-state index contributed by atoms with van der Waals surface area (Å²) in [5.41, 5.74) is -0.572. The summed E-state index contributed by atoms with van der Waals surface area (Å²) in [5, 5.41) is 37.6. The molecule has 0 aliphatic rings. The molecule has 8 heteroatoms. The molecule has 1 rings (SSSR count). The molecule has 2 atom stereocenters. The Morgan fingerprint density at radius 1 is 1.41 bits per heavy atom. The fraction of sp³-hybridized carbons (Fsp3) is 0.222. The van der Waals surface area contributed by atoms with Crippen molar-refractivity contribution in [3.05, 3.63) is 38.9 Å². The number of hydrogen-bond acceptors (Lipinski definition) is 5. The van der Waals surface area contributed by atoms with Crippen molar-refractivity contribution in [2.24, 2.45) is 0 Å². The van der Waals surface area contributed by atoms with Gasteiger partial charge in [0.1, 0.15) is 6.10 Å². The summed E-state index contributed by atoms with van der Waals surface area (Å²) in [6.07, 6.45) is -3.94. The van der Waals surface area contributed by atoms with E-state index in [4.69, 9.17) is 21.8 Å². The van der Waals surface area contributed by atoms with Gasteiger partial charge >= 0.3 is 5.97 Å². The van der Waals surface area contributed by atoms with Crippen molar-refractivity contribution in [1.82, 2.24) is 0 Å². The first kappa shape index (κ1) is 13.4. The predicted molar refractivity (Wildman–Crippen MR) is 56.7 cm³/mol. The van der Waals surface area contributed by atoms with Gasteiger partial charge in [0, 0.05) is 22.7 Å². The third-order valence-electron chi connectivity index (χ3n) is 2.06. The third kappa shape index (κ3) is 2.90. The van der Waals surface area contributed by atoms with Gasteiger partial charge in [-0.1, -0.05) is 11.6 Å². The number of carboxylic acid groups (broad SMARTS) is 1. The standard InChI is InChI=1S/C9H8ClNO6/c10-6-2-1-4(11(16)17)3-5(6)7(12)8(13)9(14)15/h1-3,7-8,12-13H,(H,14,15). The van der Waals surface area contributed by atoms with E-state index in [0.29, 0.717) is 0 Å². The number of nitrogens with zero attached hydrogens (tertiary/aromatic N) is 1. The Labute approximate surface area is 100 Å². The van der Waals surface area contributed by atoms with Gasteiger partial charge in [0.15, 0.2) is 6.10 Å². The van der Waals surface area contributed by atoms with E-state index in [0.717, 1.165) is 18.2 Å². The Balaban J connectivity index is 3.16. The molecule has 2 unspecified atom stereocenters. The van der Waals surface area contributed by atoms with Gasteiger partial charge in [0.25, 0.3) is 5.69 Å². The maximum Gasteiger partial charge on any atom is 0.335 e. The molecular weight excluding hydrogens is 254 g/mol. The SMILES string of the molecule is O=C(O)C(O)C(O)c1cc([N+](=O)[O-])ccc1Cl. The van der Waals surface area contributed by atoms with Gasteiger partial charge in [-0.2, -0.15) is 0 Å². The van der Waals surface area contributed by atoms with Gasteiger partial charge in [-0.15, -0.1) is 0 Å². The molecule has 0 fully saturated rings. The van der Waals surface area contributed by atoms with E-state index in [-0.39, 0.29) is 16.3 Å². The Bertz CT molecular complexity index is 463. The molecule has 0 saturated carbocycles. The number of benzene rings is 1. The van der Waals surface area contributed by atoms with Crippen LogP contribution in [0.3, 0.4) is 0 Å². The van der Waals surface area contributed by atoms with Crippen molar-refractivity contribution in [2.45, 2.75) is 12.2 Å². The summed E-state index contributed by atoms with van der Waals surface area (Å²) < 4.78 is 0. The fourth-order valence-electron chi connectivity index (χ4n) is 1.18. The van der Waals surface area contributed by atoms with Crippen LogP contribution in [-0.2, 0) is 4.79 Å². The van der Waals surface area contributed by atoms with Gasteiger partial charge in [-0.3, -0.25) is 10.1 Å². The van der Waals surface area contributed by atoms with Crippen LogP contribution in [0.2, 0.25) is 5.02 Å². The van der Waals surface area contributed by atoms with Crippen LogP contribution in [0.25, 0.3) is 0 Å². The lowest BCUT2D eigenvalue weighted by Gasteiger charge is -2.15. The van der Waals surface area contributed by atoms with Crippen molar-refractivity contribution in [2.75, 3.05) is 0 Å². The number of halogens is 1. The largest absolute Gasteiger partial charge is 0.479 e. The van der Waals surface area contributed by atoms with Crippen LogP contribution in [0.15, 0.2) is 18.2 Å². The van der Waals surface area contributed by atoms with E-state index in [9.17, 15) is 20.0 Å². The molecule has 92 valence electrons. The highest BCUT2D eigenvalue weighted by molar-refractivity contribution is 6.31. The minimum atomic E-state index is -2.10. The topological polar surface area (TPSA) is 121 Å². The van der Waals surface area contributed by atoms with Crippen LogP contribution in [0.5, 0.6) is 0 Å². The lowest BCUT2D eigenvalue weighted by molar-refractivity contribution is -0.385. The molecule has 3 N–H and O–H groups in total. The Kier molecular flexibility index (Phi) is 4.00. The second-order valence-corrected chi connectivity index (χ2v) is 3.60. The molecular formula is C9H8ClNO6. The molecule has 0 saturated heterocycles. The smallest absolute Gasteiger partial charge is 0.335 e. The van der Waals surface area contributed by atoms with E-state index in [1.807, 2.05) is 0 Å². The van der Waals surface area contributed by atoms with Crippen LogP contribution in [0.1, 0.15) is 11.7 Å². The zero-order chi connectivity index (χ0) is 13.2. The maximum atomic E-state index is 10.5. The summed E-state index contributed by atoms with van der Waals surface area (Å²) in [6, 6.07) is 3.16. The first-order valence-electron chi connectivity index (χ1n) is 4.37. The monoisotopic (exact) mass is 261 g/mol. The summed E-state index contributed by atoms with van der Waals surface area (Å²) >= 11 is 5.66.